The smallest absolute Gasteiger partial charge is 0.143 e. The van der Waals surface area contributed by atoms with Gasteiger partial charge in [-0.2, -0.15) is 0 Å². The molecule has 4 aromatic rings. The molecule has 3 heterocycles. The first-order valence-electron chi connectivity index (χ1n) is 10.0. The average Bonchev–Trinajstić information content (AvgIpc) is 3.14. The minimum absolute atomic E-state index is 0.790. The molecule has 0 atom stereocenters. The van der Waals surface area contributed by atoms with Crippen molar-refractivity contribution >= 4 is 22.8 Å². The van der Waals surface area contributed by atoms with Crippen LogP contribution in [0.3, 0.4) is 0 Å². The van der Waals surface area contributed by atoms with Gasteiger partial charge in [0.05, 0.1) is 13.2 Å². The Balaban J connectivity index is 1.55. The third kappa shape index (κ3) is 3.45. The number of hydrogen-bond donors (Lipinski definition) is 1. The quantitative estimate of drug-likeness (QED) is 0.544. The topological polar surface area (TPSA) is 41.8 Å². The van der Waals surface area contributed by atoms with Crippen LogP contribution in [-0.2, 0) is 4.74 Å². The Morgan fingerprint density at radius 2 is 1.66 bits per heavy atom. The lowest BCUT2D eigenvalue weighted by molar-refractivity contribution is 0.122. The van der Waals surface area contributed by atoms with Crippen molar-refractivity contribution in [3.63, 3.8) is 0 Å². The Morgan fingerprint density at radius 1 is 0.897 bits per heavy atom. The minimum Gasteiger partial charge on any atom is -0.378 e. The van der Waals surface area contributed by atoms with E-state index in [-0.39, 0.29) is 0 Å². The summed E-state index contributed by atoms with van der Waals surface area (Å²) < 4.78 is 7.58. The van der Waals surface area contributed by atoms with E-state index in [0.717, 1.165) is 54.7 Å². The number of imidazole rings is 1. The summed E-state index contributed by atoms with van der Waals surface area (Å²) in [7, 11) is 0. The van der Waals surface area contributed by atoms with Gasteiger partial charge in [-0.1, -0.05) is 36.4 Å². The van der Waals surface area contributed by atoms with E-state index in [1.54, 1.807) is 0 Å². The second kappa shape index (κ2) is 7.60. The Hall–Kier alpha value is -3.31. The van der Waals surface area contributed by atoms with Crippen molar-refractivity contribution < 1.29 is 4.74 Å². The highest BCUT2D eigenvalue weighted by molar-refractivity contribution is 5.81. The van der Waals surface area contributed by atoms with Gasteiger partial charge in [-0.05, 0) is 42.8 Å². The van der Waals surface area contributed by atoms with Crippen LogP contribution in [0.4, 0.5) is 17.2 Å². The van der Waals surface area contributed by atoms with Gasteiger partial charge in [0.2, 0.25) is 0 Å². The van der Waals surface area contributed by atoms with Crippen LogP contribution in [0.1, 0.15) is 5.56 Å². The summed E-state index contributed by atoms with van der Waals surface area (Å²) >= 11 is 0. The third-order valence-electron chi connectivity index (χ3n) is 5.45. The fourth-order valence-corrected chi connectivity index (χ4v) is 3.81. The van der Waals surface area contributed by atoms with Crippen LogP contribution in [0.5, 0.6) is 0 Å². The van der Waals surface area contributed by atoms with Crippen molar-refractivity contribution in [3.05, 3.63) is 78.5 Å². The largest absolute Gasteiger partial charge is 0.378 e. The molecule has 5 heteroatoms. The van der Waals surface area contributed by atoms with E-state index >= 15 is 0 Å². The highest BCUT2D eigenvalue weighted by atomic mass is 16.5. The number of ether oxygens (including phenoxy) is 1. The fourth-order valence-electron chi connectivity index (χ4n) is 3.81. The van der Waals surface area contributed by atoms with Crippen LogP contribution in [0.2, 0.25) is 0 Å². The normalized spacial score (nSPS) is 14.3. The molecule has 146 valence electrons. The van der Waals surface area contributed by atoms with Crippen LogP contribution in [0.25, 0.3) is 16.9 Å². The number of aryl methyl sites for hydroxylation is 1. The number of nitrogens with one attached hydrogen (secondary N) is 1. The van der Waals surface area contributed by atoms with Crippen LogP contribution in [0.15, 0.2) is 72.9 Å². The molecule has 0 unspecified atom stereocenters. The maximum atomic E-state index is 5.47. The number of anilines is 3. The number of aromatic nitrogens is 2. The second-order valence-corrected chi connectivity index (χ2v) is 7.32. The van der Waals surface area contributed by atoms with Gasteiger partial charge in [-0.25, -0.2) is 4.98 Å². The number of pyridine rings is 1. The molecule has 0 saturated carbocycles. The molecule has 1 fully saturated rings. The first-order chi connectivity index (χ1) is 14.3. The molecule has 0 amide bonds. The monoisotopic (exact) mass is 384 g/mol. The number of fused-ring (bicyclic) bond motifs is 1. The number of benzene rings is 2. The van der Waals surface area contributed by atoms with E-state index in [9.17, 15) is 0 Å². The first-order valence-corrected chi connectivity index (χ1v) is 10.0. The standard InChI is InChI=1S/C24H24N4O/c1-18-6-2-3-7-21(18)25-24-23(26-22-8-4-5-13-28(22)24)19-9-11-20(12-10-19)27-14-16-29-17-15-27/h2-13,25H,14-17H2,1H3. The molecule has 1 aliphatic rings. The Morgan fingerprint density at radius 3 is 2.45 bits per heavy atom. The fraction of sp³-hybridized carbons (Fsp3) is 0.208. The van der Waals surface area contributed by atoms with Gasteiger partial charge in [-0.15, -0.1) is 0 Å². The highest BCUT2D eigenvalue weighted by Gasteiger charge is 2.16. The molecular formula is C24H24N4O. The summed E-state index contributed by atoms with van der Waals surface area (Å²) in [6.45, 7) is 5.57. The van der Waals surface area contributed by atoms with E-state index in [4.69, 9.17) is 9.72 Å². The maximum absolute atomic E-state index is 5.47. The number of rotatable bonds is 4. The van der Waals surface area contributed by atoms with E-state index in [2.05, 4.69) is 76.3 Å². The lowest BCUT2D eigenvalue weighted by atomic mass is 10.1. The van der Waals surface area contributed by atoms with Crippen molar-refractivity contribution in [1.29, 1.82) is 0 Å². The van der Waals surface area contributed by atoms with Crippen molar-refractivity contribution in [2.75, 3.05) is 36.5 Å². The summed E-state index contributed by atoms with van der Waals surface area (Å²) in [5.74, 6) is 0.981. The lowest BCUT2D eigenvalue weighted by Gasteiger charge is -2.28. The van der Waals surface area contributed by atoms with Crippen LogP contribution >= 0.6 is 0 Å². The van der Waals surface area contributed by atoms with Gasteiger partial charge < -0.3 is 15.0 Å². The number of hydrogen-bond acceptors (Lipinski definition) is 4. The van der Waals surface area contributed by atoms with Crippen LogP contribution in [0, 0.1) is 6.92 Å². The molecule has 5 rings (SSSR count). The number of morpholine rings is 1. The molecule has 2 aromatic carbocycles. The van der Waals surface area contributed by atoms with Crippen LogP contribution < -0.4 is 10.2 Å². The Labute approximate surface area is 170 Å². The van der Waals surface area contributed by atoms with Gasteiger partial charge in [0.25, 0.3) is 0 Å². The summed E-state index contributed by atoms with van der Waals surface area (Å²) in [5.41, 5.74) is 6.50. The molecule has 0 aliphatic carbocycles. The van der Waals surface area contributed by atoms with Crippen molar-refractivity contribution in [3.8, 4) is 11.3 Å². The SMILES string of the molecule is Cc1ccccc1Nc1c(-c2ccc(N3CCOCC3)cc2)nc2ccccn12. The Kier molecular flexibility index (Phi) is 4.66. The van der Waals surface area contributed by atoms with Gasteiger partial charge in [0.1, 0.15) is 17.2 Å². The molecule has 5 nitrogen and oxygen atoms in total. The molecule has 1 saturated heterocycles. The first kappa shape index (κ1) is 17.8. The van der Waals surface area contributed by atoms with Crippen LogP contribution in [-0.4, -0.2) is 35.7 Å². The van der Waals surface area contributed by atoms with Crippen molar-refractivity contribution in [2.45, 2.75) is 6.92 Å². The van der Waals surface area contributed by atoms with E-state index in [1.165, 1.54) is 11.3 Å². The summed E-state index contributed by atoms with van der Waals surface area (Å²) in [4.78, 5) is 7.28. The maximum Gasteiger partial charge on any atom is 0.143 e. The summed E-state index contributed by atoms with van der Waals surface area (Å²) in [5, 5.41) is 3.61. The Bertz CT molecular complexity index is 1130. The molecule has 0 radical (unpaired) electrons. The molecular weight excluding hydrogens is 360 g/mol. The average molecular weight is 384 g/mol. The molecule has 1 N–H and O–H groups in total. The molecule has 2 aromatic heterocycles. The number of nitrogens with zero attached hydrogens (tertiary/aromatic N) is 3. The third-order valence-corrected chi connectivity index (χ3v) is 5.45. The summed E-state index contributed by atoms with van der Waals surface area (Å²) in [6.07, 6.45) is 2.05. The zero-order valence-corrected chi connectivity index (χ0v) is 16.5. The predicted molar refractivity (Wildman–Crippen MR) is 118 cm³/mol. The zero-order valence-electron chi connectivity index (χ0n) is 16.5. The van der Waals surface area contributed by atoms with Gasteiger partial charge >= 0.3 is 0 Å². The van der Waals surface area contributed by atoms with Crippen molar-refractivity contribution in [2.24, 2.45) is 0 Å². The number of para-hydroxylation sites is 1. The second-order valence-electron chi connectivity index (χ2n) is 7.32. The minimum atomic E-state index is 0.790. The predicted octanol–water partition coefficient (Wildman–Crippen LogP) is 4.89. The van der Waals surface area contributed by atoms with Gasteiger partial charge in [0, 0.05) is 36.2 Å². The molecule has 0 bridgehead atoms. The van der Waals surface area contributed by atoms with E-state index in [1.807, 2.05) is 18.2 Å². The summed E-state index contributed by atoms with van der Waals surface area (Å²) in [6, 6.07) is 23.1. The van der Waals surface area contributed by atoms with Gasteiger partial charge in [0.15, 0.2) is 0 Å². The molecule has 0 spiro atoms. The molecule has 29 heavy (non-hydrogen) atoms. The molecule has 1 aliphatic heterocycles. The highest BCUT2D eigenvalue weighted by Crippen LogP contribution is 2.33. The zero-order chi connectivity index (χ0) is 19.6. The van der Waals surface area contributed by atoms with E-state index in [0.29, 0.717) is 0 Å². The van der Waals surface area contributed by atoms with E-state index < -0.39 is 0 Å². The lowest BCUT2D eigenvalue weighted by Crippen LogP contribution is -2.36. The van der Waals surface area contributed by atoms with Crippen molar-refractivity contribution in [1.82, 2.24) is 9.38 Å². The van der Waals surface area contributed by atoms with Gasteiger partial charge in [-0.3, -0.25) is 4.40 Å².